The molecule has 0 spiro atoms. The normalized spacial score (nSPS) is 10.7. The van der Waals surface area contributed by atoms with E-state index in [1.54, 1.807) is 18.0 Å². The maximum absolute atomic E-state index is 5.81. The first-order valence-corrected chi connectivity index (χ1v) is 8.05. The van der Waals surface area contributed by atoms with Crippen molar-refractivity contribution >= 4 is 33.6 Å². The molecular formula is C15H12BrN3OS. The minimum absolute atomic E-state index is 0.236. The van der Waals surface area contributed by atoms with Gasteiger partial charge in [0.1, 0.15) is 10.7 Å². The summed E-state index contributed by atoms with van der Waals surface area (Å²) in [6.07, 6.45) is 1.61. The summed E-state index contributed by atoms with van der Waals surface area (Å²) >= 11 is 5.16. The fourth-order valence-electron chi connectivity index (χ4n) is 1.84. The van der Waals surface area contributed by atoms with Crippen LogP contribution in [-0.2, 0) is 5.75 Å². The third kappa shape index (κ3) is 3.28. The Kier molecular flexibility index (Phi) is 4.26. The third-order valence-electron chi connectivity index (χ3n) is 2.81. The van der Waals surface area contributed by atoms with Crippen LogP contribution < -0.4 is 5.73 Å². The summed E-state index contributed by atoms with van der Waals surface area (Å²) in [5.74, 6) is 1.71. The lowest BCUT2D eigenvalue weighted by molar-refractivity contribution is 0.579. The van der Waals surface area contributed by atoms with Crippen molar-refractivity contribution in [1.82, 2.24) is 9.97 Å². The van der Waals surface area contributed by atoms with Crippen LogP contribution in [0.4, 0.5) is 5.95 Å². The van der Waals surface area contributed by atoms with Crippen LogP contribution in [-0.4, -0.2) is 9.97 Å². The van der Waals surface area contributed by atoms with E-state index in [1.807, 2.05) is 30.3 Å². The van der Waals surface area contributed by atoms with Crippen LogP contribution in [0.1, 0.15) is 5.56 Å². The second-order valence-electron chi connectivity index (χ2n) is 4.30. The molecule has 0 atom stereocenters. The predicted molar refractivity (Wildman–Crippen MR) is 87.8 cm³/mol. The Hall–Kier alpha value is -1.79. The van der Waals surface area contributed by atoms with Gasteiger partial charge in [-0.1, -0.05) is 30.3 Å². The fourth-order valence-corrected chi connectivity index (χ4v) is 3.43. The average molecular weight is 362 g/mol. The summed E-state index contributed by atoms with van der Waals surface area (Å²) in [4.78, 5) is 8.54. The molecule has 0 aliphatic heterocycles. The predicted octanol–water partition coefficient (Wildman–Crippen LogP) is 4.37. The first-order valence-electron chi connectivity index (χ1n) is 6.27. The van der Waals surface area contributed by atoms with Crippen molar-refractivity contribution in [3.63, 3.8) is 0 Å². The van der Waals surface area contributed by atoms with Gasteiger partial charge < -0.3 is 10.2 Å². The number of hydrogen-bond acceptors (Lipinski definition) is 5. The molecule has 0 radical (unpaired) electrons. The molecule has 2 heterocycles. The molecule has 0 amide bonds. The molecule has 2 aromatic heterocycles. The van der Waals surface area contributed by atoms with Crippen LogP contribution in [0.3, 0.4) is 0 Å². The number of furan rings is 1. The minimum Gasteiger partial charge on any atom is -0.463 e. The lowest BCUT2D eigenvalue weighted by Gasteiger charge is -2.08. The molecule has 3 rings (SSSR count). The van der Waals surface area contributed by atoms with E-state index in [0.29, 0.717) is 11.5 Å². The van der Waals surface area contributed by atoms with Gasteiger partial charge in [-0.05, 0) is 33.6 Å². The van der Waals surface area contributed by atoms with Crippen molar-refractivity contribution in [3.8, 4) is 11.5 Å². The number of halogens is 1. The molecule has 6 heteroatoms. The van der Waals surface area contributed by atoms with Gasteiger partial charge in [-0.3, -0.25) is 0 Å². The van der Waals surface area contributed by atoms with Crippen LogP contribution in [0.2, 0.25) is 0 Å². The molecule has 0 bridgehead atoms. The van der Waals surface area contributed by atoms with Crippen molar-refractivity contribution in [1.29, 1.82) is 0 Å². The summed E-state index contributed by atoms with van der Waals surface area (Å²) in [6, 6.07) is 13.9. The highest BCUT2D eigenvalue weighted by Gasteiger charge is 2.15. The largest absolute Gasteiger partial charge is 0.463 e. The van der Waals surface area contributed by atoms with Crippen LogP contribution >= 0.6 is 27.7 Å². The number of hydrogen-bond donors (Lipinski definition) is 1. The standard InChI is InChI=1S/C15H12BrN3OS/c16-12-13(11-7-4-8-20-11)18-15(17)19-14(12)21-9-10-5-2-1-3-6-10/h1-8H,9H2,(H2,17,18,19). The summed E-state index contributed by atoms with van der Waals surface area (Å²) in [5.41, 5.74) is 7.70. The Balaban J connectivity index is 1.89. The van der Waals surface area contributed by atoms with Gasteiger partial charge in [-0.15, -0.1) is 11.8 Å². The van der Waals surface area contributed by atoms with Crippen LogP contribution in [0.5, 0.6) is 0 Å². The van der Waals surface area contributed by atoms with E-state index in [1.165, 1.54) is 5.56 Å². The molecule has 4 nitrogen and oxygen atoms in total. The minimum atomic E-state index is 0.236. The van der Waals surface area contributed by atoms with E-state index in [0.717, 1.165) is 15.3 Å². The summed E-state index contributed by atoms with van der Waals surface area (Å²) in [7, 11) is 0. The zero-order chi connectivity index (χ0) is 14.7. The molecule has 0 saturated carbocycles. The lowest BCUT2D eigenvalue weighted by Crippen LogP contribution is -1.99. The fraction of sp³-hybridized carbons (Fsp3) is 0.0667. The van der Waals surface area contributed by atoms with Gasteiger partial charge in [0.15, 0.2) is 5.76 Å². The Morgan fingerprint density at radius 3 is 2.62 bits per heavy atom. The van der Waals surface area contributed by atoms with Gasteiger partial charge in [0.2, 0.25) is 5.95 Å². The third-order valence-corrected chi connectivity index (χ3v) is 4.87. The highest BCUT2D eigenvalue weighted by Crippen LogP contribution is 2.35. The Morgan fingerprint density at radius 2 is 1.90 bits per heavy atom. The quantitative estimate of drug-likeness (QED) is 0.551. The van der Waals surface area contributed by atoms with Crippen molar-refractivity contribution in [3.05, 3.63) is 58.8 Å². The number of nitrogens with zero attached hydrogens (tertiary/aromatic N) is 2. The topological polar surface area (TPSA) is 64.9 Å². The van der Waals surface area contributed by atoms with Crippen molar-refractivity contribution in [2.24, 2.45) is 0 Å². The molecule has 0 aliphatic carbocycles. The maximum atomic E-state index is 5.81. The van der Waals surface area contributed by atoms with Crippen LogP contribution in [0.15, 0.2) is 62.6 Å². The van der Waals surface area contributed by atoms with Crippen LogP contribution in [0.25, 0.3) is 11.5 Å². The zero-order valence-electron chi connectivity index (χ0n) is 11.0. The van der Waals surface area contributed by atoms with E-state index in [4.69, 9.17) is 10.2 Å². The SMILES string of the molecule is Nc1nc(SCc2ccccc2)c(Br)c(-c2ccco2)n1. The number of aromatic nitrogens is 2. The molecule has 106 valence electrons. The molecule has 0 saturated heterocycles. The first-order chi connectivity index (χ1) is 10.2. The second kappa shape index (κ2) is 6.32. The van der Waals surface area contributed by atoms with Crippen molar-refractivity contribution < 1.29 is 4.42 Å². The summed E-state index contributed by atoms with van der Waals surface area (Å²) in [6.45, 7) is 0. The highest BCUT2D eigenvalue weighted by atomic mass is 79.9. The van der Waals surface area contributed by atoms with E-state index in [2.05, 4.69) is 38.0 Å². The zero-order valence-corrected chi connectivity index (χ0v) is 13.4. The van der Waals surface area contributed by atoms with Gasteiger partial charge in [-0.25, -0.2) is 9.97 Å². The van der Waals surface area contributed by atoms with Gasteiger partial charge in [0, 0.05) is 5.75 Å². The van der Waals surface area contributed by atoms with Gasteiger partial charge in [0.25, 0.3) is 0 Å². The maximum Gasteiger partial charge on any atom is 0.221 e. The molecule has 0 unspecified atom stereocenters. The van der Waals surface area contributed by atoms with E-state index >= 15 is 0 Å². The van der Waals surface area contributed by atoms with Gasteiger partial charge in [0.05, 0.1) is 10.7 Å². The number of rotatable bonds is 4. The molecule has 1 aromatic carbocycles. The van der Waals surface area contributed by atoms with Crippen molar-refractivity contribution in [2.45, 2.75) is 10.8 Å². The van der Waals surface area contributed by atoms with Gasteiger partial charge >= 0.3 is 0 Å². The Labute approximate surface area is 134 Å². The number of benzene rings is 1. The van der Waals surface area contributed by atoms with Crippen LogP contribution in [0, 0.1) is 0 Å². The molecule has 3 aromatic rings. The average Bonchev–Trinajstić information content (AvgIpc) is 3.03. The molecule has 21 heavy (non-hydrogen) atoms. The number of thioether (sulfide) groups is 1. The van der Waals surface area contributed by atoms with Crippen molar-refractivity contribution in [2.75, 3.05) is 5.73 Å². The highest BCUT2D eigenvalue weighted by molar-refractivity contribution is 9.10. The Morgan fingerprint density at radius 1 is 1.10 bits per heavy atom. The molecule has 2 N–H and O–H groups in total. The molecule has 0 fully saturated rings. The van der Waals surface area contributed by atoms with E-state index in [9.17, 15) is 0 Å². The molecular weight excluding hydrogens is 350 g/mol. The lowest BCUT2D eigenvalue weighted by atomic mass is 10.2. The smallest absolute Gasteiger partial charge is 0.221 e. The number of nitrogens with two attached hydrogens (primary N) is 1. The number of nitrogen functional groups attached to an aromatic ring is 1. The second-order valence-corrected chi connectivity index (χ2v) is 6.06. The monoisotopic (exact) mass is 361 g/mol. The molecule has 0 aliphatic rings. The van der Waals surface area contributed by atoms with E-state index < -0.39 is 0 Å². The van der Waals surface area contributed by atoms with E-state index in [-0.39, 0.29) is 5.95 Å². The number of anilines is 1. The summed E-state index contributed by atoms with van der Waals surface area (Å²) < 4.78 is 6.19. The summed E-state index contributed by atoms with van der Waals surface area (Å²) in [5, 5.41) is 0.803. The van der Waals surface area contributed by atoms with Gasteiger partial charge in [-0.2, -0.15) is 0 Å². The first kappa shape index (κ1) is 14.2. The Bertz CT molecular complexity index is 732.